The maximum atomic E-state index is 11.8. The number of hydrogen-bond donors (Lipinski definition) is 1. The zero-order chi connectivity index (χ0) is 14.7. The van der Waals surface area contributed by atoms with Crippen LogP contribution >= 0.6 is 12.0 Å². The van der Waals surface area contributed by atoms with E-state index in [1.165, 1.54) is 0 Å². The molecule has 0 saturated carbocycles. The molecule has 0 aromatic heterocycles. The highest BCUT2D eigenvalue weighted by Crippen LogP contribution is 2.18. The predicted molar refractivity (Wildman–Crippen MR) is 54.7 cm³/mol. The van der Waals surface area contributed by atoms with Crippen LogP contribution in [0.5, 0.6) is 0 Å². The highest BCUT2D eigenvalue weighted by Gasteiger charge is 2.27. The molecule has 0 fully saturated rings. The van der Waals surface area contributed by atoms with Crippen LogP contribution < -0.4 is 0 Å². The van der Waals surface area contributed by atoms with Crippen molar-refractivity contribution in [3.63, 3.8) is 0 Å². The molecule has 0 spiro atoms. The third-order valence-electron chi connectivity index (χ3n) is 1.49. The lowest BCUT2D eigenvalue weighted by Gasteiger charge is -2.12. The largest absolute Gasteiger partial charge is 0.462 e. The second-order valence-electron chi connectivity index (χ2n) is 2.86. The van der Waals surface area contributed by atoms with Gasteiger partial charge in [0.1, 0.15) is 18.5 Å². The van der Waals surface area contributed by atoms with Crippen LogP contribution in [0.2, 0.25) is 0 Å². The summed E-state index contributed by atoms with van der Waals surface area (Å²) in [4.78, 5) is 22.4. The minimum absolute atomic E-state index is 0.185. The average molecular weight is 308 g/mol. The first-order valence-electron chi connectivity index (χ1n) is 4.81. The SMILES string of the molecule is O=C(CC(SOOO)C(=O)OCCF)OCC(F)F. The van der Waals surface area contributed by atoms with Crippen LogP contribution in [0.15, 0.2) is 0 Å². The second-order valence-corrected chi connectivity index (χ2v) is 3.76. The fourth-order valence-electron chi connectivity index (χ4n) is 0.820. The monoisotopic (exact) mass is 308 g/mol. The first kappa shape index (κ1) is 18.0. The van der Waals surface area contributed by atoms with Crippen LogP contribution in [0.1, 0.15) is 6.42 Å². The van der Waals surface area contributed by atoms with Gasteiger partial charge in [-0.3, -0.25) is 9.59 Å². The van der Waals surface area contributed by atoms with Crippen molar-refractivity contribution < 1.29 is 46.9 Å². The number of alkyl halides is 3. The molecule has 0 rings (SSSR count). The van der Waals surface area contributed by atoms with E-state index in [1.54, 1.807) is 0 Å². The van der Waals surface area contributed by atoms with Crippen molar-refractivity contribution in [2.75, 3.05) is 19.9 Å². The summed E-state index contributed by atoms with van der Waals surface area (Å²) in [6.07, 6.45) is -3.52. The Hall–Kier alpha value is -1.04. The Kier molecular flexibility index (Phi) is 10.2. The minimum atomic E-state index is -2.84. The molecule has 0 aromatic rings. The molecule has 1 atom stereocenters. The molecule has 0 aromatic carbocycles. The fourth-order valence-corrected chi connectivity index (χ4v) is 1.30. The van der Waals surface area contributed by atoms with Gasteiger partial charge >= 0.3 is 11.9 Å². The zero-order valence-corrected chi connectivity index (χ0v) is 10.2. The van der Waals surface area contributed by atoms with Crippen LogP contribution in [-0.4, -0.2) is 48.8 Å². The molecule has 0 aliphatic heterocycles. The molecular formula is C8H11F3O7S. The third kappa shape index (κ3) is 9.53. The number of halogens is 3. The van der Waals surface area contributed by atoms with Crippen LogP contribution in [-0.2, 0) is 28.4 Å². The number of carbonyl (C=O) groups is 2. The summed E-state index contributed by atoms with van der Waals surface area (Å²) < 4.78 is 47.8. The van der Waals surface area contributed by atoms with Gasteiger partial charge in [-0.15, -0.1) is 4.33 Å². The maximum Gasteiger partial charge on any atom is 0.322 e. The molecule has 112 valence electrons. The Bertz CT molecular complexity index is 279. The first-order valence-corrected chi connectivity index (χ1v) is 5.61. The van der Waals surface area contributed by atoms with Crippen LogP contribution in [0.4, 0.5) is 13.2 Å². The maximum absolute atomic E-state index is 11.8. The van der Waals surface area contributed by atoms with Crippen molar-refractivity contribution in [1.82, 2.24) is 0 Å². The Morgan fingerprint density at radius 1 is 1.26 bits per heavy atom. The fraction of sp³-hybridized carbons (Fsp3) is 0.750. The Morgan fingerprint density at radius 2 is 1.95 bits per heavy atom. The number of ether oxygens (including phenoxy) is 2. The highest BCUT2D eigenvalue weighted by molar-refractivity contribution is 7.95. The summed E-state index contributed by atoms with van der Waals surface area (Å²) in [5, 5.41) is 9.77. The number of esters is 2. The van der Waals surface area contributed by atoms with Crippen molar-refractivity contribution in [3.8, 4) is 0 Å². The summed E-state index contributed by atoms with van der Waals surface area (Å²) in [5.74, 6) is -2.16. The number of rotatable bonds is 10. The van der Waals surface area contributed by atoms with Gasteiger partial charge in [0.2, 0.25) is 0 Å². The van der Waals surface area contributed by atoms with E-state index in [2.05, 4.69) is 18.8 Å². The lowest BCUT2D eigenvalue weighted by molar-refractivity contribution is -0.432. The minimum Gasteiger partial charge on any atom is -0.462 e. The van der Waals surface area contributed by atoms with Gasteiger partial charge in [0, 0.05) is 0 Å². The molecule has 0 bridgehead atoms. The van der Waals surface area contributed by atoms with E-state index in [0.717, 1.165) is 0 Å². The van der Waals surface area contributed by atoms with Gasteiger partial charge in [0.15, 0.2) is 6.61 Å². The van der Waals surface area contributed by atoms with E-state index in [0.29, 0.717) is 0 Å². The zero-order valence-electron chi connectivity index (χ0n) is 9.42. The molecule has 1 N–H and O–H groups in total. The normalized spacial score (nSPS) is 12.3. The van der Waals surface area contributed by atoms with E-state index in [1.807, 2.05) is 0 Å². The molecule has 19 heavy (non-hydrogen) atoms. The van der Waals surface area contributed by atoms with E-state index in [-0.39, 0.29) is 12.0 Å². The molecule has 0 amide bonds. The lowest BCUT2D eigenvalue weighted by atomic mass is 10.3. The van der Waals surface area contributed by atoms with Crippen LogP contribution in [0, 0.1) is 0 Å². The van der Waals surface area contributed by atoms with Crippen LogP contribution in [0.3, 0.4) is 0 Å². The van der Waals surface area contributed by atoms with Crippen LogP contribution in [0.25, 0.3) is 0 Å². The van der Waals surface area contributed by atoms with E-state index < -0.39 is 49.9 Å². The van der Waals surface area contributed by atoms with Crippen molar-refractivity contribution >= 4 is 24.0 Å². The smallest absolute Gasteiger partial charge is 0.322 e. The van der Waals surface area contributed by atoms with Crippen molar-refractivity contribution in [1.29, 1.82) is 0 Å². The molecule has 0 saturated heterocycles. The van der Waals surface area contributed by atoms with Gasteiger partial charge in [0.05, 0.1) is 18.5 Å². The molecule has 0 aliphatic carbocycles. The summed E-state index contributed by atoms with van der Waals surface area (Å²) in [7, 11) is 0. The molecule has 0 heterocycles. The standard InChI is InChI=1S/C8H11F3O7S/c9-1-2-15-8(13)5(19-18-17-14)3-7(12)16-4-6(10)11/h5-6,14H,1-4H2. The van der Waals surface area contributed by atoms with Gasteiger partial charge in [-0.1, -0.05) is 5.04 Å². The average Bonchev–Trinajstić information content (AvgIpc) is 2.38. The summed E-state index contributed by atoms with van der Waals surface area (Å²) in [6, 6.07) is 0. The molecule has 7 nitrogen and oxygen atoms in total. The van der Waals surface area contributed by atoms with Gasteiger partial charge in [-0.05, 0) is 0 Å². The summed E-state index contributed by atoms with van der Waals surface area (Å²) in [6.45, 7) is -2.59. The topological polar surface area (TPSA) is 91.3 Å². The molecule has 0 aliphatic rings. The van der Waals surface area contributed by atoms with E-state index in [9.17, 15) is 22.8 Å². The lowest BCUT2D eigenvalue weighted by Crippen LogP contribution is -2.26. The first-order chi connectivity index (χ1) is 9.01. The van der Waals surface area contributed by atoms with Gasteiger partial charge in [0.25, 0.3) is 6.43 Å². The summed E-state index contributed by atoms with van der Waals surface area (Å²) in [5.41, 5.74) is 0. The van der Waals surface area contributed by atoms with Gasteiger partial charge in [-0.2, -0.15) is 0 Å². The predicted octanol–water partition coefficient (Wildman–Crippen LogP) is 1.14. The molecule has 11 heteroatoms. The van der Waals surface area contributed by atoms with Crippen molar-refractivity contribution in [3.05, 3.63) is 0 Å². The summed E-state index contributed by atoms with van der Waals surface area (Å²) >= 11 is 0.185. The molecule has 0 radical (unpaired) electrons. The van der Waals surface area contributed by atoms with Crippen molar-refractivity contribution in [2.45, 2.75) is 18.1 Å². The Balaban J connectivity index is 4.24. The number of hydrogen-bond acceptors (Lipinski definition) is 8. The Labute approximate surface area is 110 Å². The molecular weight excluding hydrogens is 297 g/mol. The number of carbonyl (C=O) groups excluding carboxylic acids is 2. The van der Waals surface area contributed by atoms with Gasteiger partial charge in [-0.25, -0.2) is 18.4 Å². The second kappa shape index (κ2) is 10.8. The Morgan fingerprint density at radius 3 is 2.47 bits per heavy atom. The van der Waals surface area contributed by atoms with E-state index in [4.69, 9.17) is 5.26 Å². The van der Waals surface area contributed by atoms with Crippen molar-refractivity contribution in [2.24, 2.45) is 0 Å². The highest BCUT2D eigenvalue weighted by atomic mass is 32.2. The molecule has 1 unspecified atom stereocenters. The van der Waals surface area contributed by atoms with E-state index >= 15 is 0 Å². The van der Waals surface area contributed by atoms with Gasteiger partial charge < -0.3 is 9.47 Å². The quantitative estimate of drug-likeness (QED) is 0.278. The third-order valence-corrected chi connectivity index (χ3v) is 2.22.